The largest absolute Gasteiger partial charge is 0.456 e. The van der Waals surface area contributed by atoms with Crippen molar-refractivity contribution < 1.29 is 23.1 Å². The molecule has 0 atom stereocenters. The zero-order valence-corrected chi connectivity index (χ0v) is 17.3. The molecule has 0 bridgehead atoms. The zero-order valence-electron chi connectivity index (χ0n) is 16.5. The number of nitrogens with two attached hydrogens (primary N) is 1. The Kier molecular flexibility index (Phi) is 5.84. The maximum Gasteiger partial charge on any atom is 0.338 e. The third kappa shape index (κ3) is 4.80. The summed E-state index contributed by atoms with van der Waals surface area (Å²) in [5.74, 6) is -3.50. The van der Waals surface area contributed by atoms with Crippen molar-refractivity contribution in [2.24, 2.45) is 0 Å². The quantitative estimate of drug-likeness (QED) is 0.439. The van der Waals surface area contributed by atoms with Crippen LogP contribution in [0.15, 0.2) is 42.5 Å². The molecule has 0 aliphatic rings. The lowest BCUT2D eigenvalue weighted by molar-refractivity contribution is 0.00694. The van der Waals surface area contributed by atoms with Gasteiger partial charge in [-0.05, 0) is 51.1 Å². The van der Waals surface area contributed by atoms with E-state index in [0.29, 0.717) is 11.3 Å². The van der Waals surface area contributed by atoms with Crippen molar-refractivity contribution in [3.8, 4) is 0 Å². The van der Waals surface area contributed by atoms with E-state index in [1.165, 1.54) is 6.07 Å². The van der Waals surface area contributed by atoms with Gasteiger partial charge >= 0.3 is 5.97 Å². The number of benzene rings is 2. The number of ether oxygens (including phenoxy) is 1. The molecule has 0 saturated heterocycles. The van der Waals surface area contributed by atoms with E-state index in [9.17, 15) is 18.4 Å². The molecule has 156 valence electrons. The Bertz CT molecular complexity index is 1100. The molecule has 3 rings (SSSR count). The predicted molar refractivity (Wildman–Crippen MR) is 111 cm³/mol. The Morgan fingerprint density at radius 1 is 1.10 bits per heavy atom. The van der Waals surface area contributed by atoms with Crippen molar-refractivity contribution in [2.45, 2.75) is 26.4 Å². The van der Waals surface area contributed by atoms with Gasteiger partial charge in [0.05, 0.1) is 11.1 Å². The van der Waals surface area contributed by atoms with Crippen molar-refractivity contribution >= 4 is 39.7 Å². The van der Waals surface area contributed by atoms with Crippen LogP contribution in [0.1, 0.15) is 46.4 Å². The minimum atomic E-state index is -0.979. The van der Waals surface area contributed by atoms with Gasteiger partial charge in [0.1, 0.15) is 27.9 Å². The lowest BCUT2D eigenvalue weighted by Gasteiger charge is -2.19. The molecule has 0 unspecified atom stereocenters. The minimum Gasteiger partial charge on any atom is -0.456 e. The first-order valence-electron chi connectivity index (χ1n) is 8.90. The molecule has 0 aliphatic heterocycles. The smallest absolute Gasteiger partial charge is 0.338 e. The van der Waals surface area contributed by atoms with Crippen LogP contribution in [0.25, 0.3) is 0 Å². The Hall–Kier alpha value is -3.33. The number of hydrogen-bond donors (Lipinski definition) is 2. The maximum atomic E-state index is 13.9. The Labute approximate surface area is 175 Å². The number of nitrogen functional groups attached to an aromatic ring is 1. The summed E-state index contributed by atoms with van der Waals surface area (Å²) in [5.41, 5.74) is 5.30. The van der Waals surface area contributed by atoms with Gasteiger partial charge in [-0.25, -0.2) is 18.6 Å². The summed E-state index contributed by atoms with van der Waals surface area (Å²) >= 11 is 0.853. The SMILES string of the molecule is CC(C)(C)OC(=O)c1cccc(Nc2nc(N)c(C(=O)c3c(F)cccc3F)s2)c1. The molecule has 3 N–H and O–H groups in total. The van der Waals surface area contributed by atoms with Crippen LogP contribution in [0, 0.1) is 11.6 Å². The van der Waals surface area contributed by atoms with Crippen molar-refractivity contribution in [2.75, 3.05) is 11.1 Å². The van der Waals surface area contributed by atoms with Crippen LogP contribution in [0.4, 0.5) is 25.4 Å². The molecule has 2 aromatic carbocycles. The second-order valence-corrected chi connectivity index (χ2v) is 8.37. The van der Waals surface area contributed by atoms with Crippen LogP contribution in [0.2, 0.25) is 0 Å². The maximum absolute atomic E-state index is 13.9. The zero-order chi connectivity index (χ0) is 22.1. The third-order valence-electron chi connectivity index (χ3n) is 3.80. The molecule has 30 heavy (non-hydrogen) atoms. The number of rotatable bonds is 5. The van der Waals surface area contributed by atoms with E-state index < -0.39 is 34.6 Å². The Morgan fingerprint density at radius 3 is 2.37 bits per heavy atom. The normalized spacial score (nSPS) is 11.2. The first-order chi connectivity index (χ1) is 14.0. The van der Waals surface area contributed by atoms with Gasteiger partial charge < -0.3 is 15.8 Å². The fourth-order valence-corrected chi connectivity index (χ4v) is 3.41. The molecule has 1 heterocycles. The van der Waals surface area contributed by atoms with Gasteiger partial charge in [0.2, 0.25) is 5.78 Å². The molecule has 6 nitrogen and oxygen atoms in total. The summed E-state index contributed by atoms with van der Waals surface area (Å²) in [6, 6.07) is 9.66. The van der Waals surface area contributed by atoms with Crippen molar-refractivity contribution in [1.82, 2.24) is 4.98 Å². The number of carbonyl (C=O) groups is 2. The number of ketones is 1. The number of anilines is 3. The second-order valence-electron chi connectivity index (χ2n) is 7.37. The number of thiazole rings is 1. The van der Waals surface area contributed by atoms with Crippen LogP contribution in [-0.4, -0.2) is 22.3 Å². The summed E-state index contributed by atoms with van der Waals surface area (Å²) < 4.78 is 33.2. The molecule has 9 heteroatoms. The van der Waals surface area contributed by atoms with Gasteiger partial charge in [0.15, 0.2) is 5.13 Å². The van der Waals surface area contributed by atoms with E-state index in [1.807, 2.05) is 0 Å². The summed E-state index contributed by atoms with van der Waals surface area (Å²) in [4.78, 5) is 28.8. The van der Waals surface area contributed by atoms with Crippen molar-refractivity contribution in [3.05, 3.63) is 70.1 Å². The Balaban J connectivity index is 1.84. The third-order valence-corrected chi connectivity index (χ3v) is 4.78. The van der Waals surface area contributed by atoms with Crippen molar-refractivity contribution in [3.63, 3.8) is 0 Å². The highest BCUT2D eigenvalue weighted by Crippen LogP contribution is 2.31. The van der Waals surface area contributed by atoms with E-state index in [4.69, 9.17) is 10.5 Å². The molecule has 0 spiro atoms. The summed E-state index contributed by atoms with van der Waals surface area (Å²) in [7, 11) is 0. The standard InChI is InChI=1S/C21H19F2N3O3S/c1-21(2,3)29-19(28)11-6-4-7-12(10-11)25-20-26-18(24)17(30-20)16(27)15-13(22)8-5-9-14(15)23/h4-10H,24H2,1-3H3,(H,25,26). The van der Waals surface area contributed by atoms with E-state index in [2.05, 4.69) is 10.3 Å². The second kappa shape index (κ2) is 8.19. The number of carbonyl (C=O) groups excluding carboxylic acids is 2. The predicted octanol–water partition coefficient (Wildman–Crippen LogP) is 4.93. The van der Waals surface area contributed by atoms with Gasteiger partial charge in [-0.2, -0.15) is 0 Å². The number of nitrogens with one attached hydrogen (secondary N) is 1. The van der Waals surface area contributed by atoms with Crippen LogP contribution in [0.3, 0.4) is 0 Å². The van der Waals surface area contributed by atoms with Crippen LogP contribution < -0.4 is 11.1 Å². The number of halogens is 2. The highest BCUT2D eigenvalue weighted by Gasteiger charge is 2.24. The summed E-state index contributed by atoms with van der Waals surface area (Å²) in [6.45, 7) is 5.30. The lowest BCUT2D eigenvalue weighted by atomic mass is 10.1. The molecular formula is C21H19F2N3O3S. The summed E-state index contributed by atoms with van der Waals surface area (Å²) in [6.07, 6.45) is 0. The summed E-state index contributed by atoms with van der Waals surface area (Å²) in [5, 5.41) is 3.17. The highest BCUT2D eigenvalue weighted by atomic mass is 32.1. The minimum absolute atomic E-state index is 0.0928. The first-order valence-corrected chi connectivity index (χ1v) is 9.72. The lowest BCUT2D eigenvalue weighted by Crippen LogP contribution is -2.23. The number of aromatic nitrogens is 1. The van der Waals surface area contributed by atoms with E-state index in [0.717, 1.165) is 23.5 Å². The highest BCUT2D eigenvalue weighted by molar-refractivity contribution is 7.18. The van der Waals surface area contributed by atoms with Crippen LogP contribution >= 0.6 is 11.3 Å². The molecule has 0 saturated carbocycles. The molecule has 1 aromatic heterocycles. The van der Waals surface area contributed by atoms with Gasteiger partial charge in [-0.1, -0.05) is 23.5 Å². The first kappa shape index (κ1) is 21.4. The number of hydrogen-bond acceptors (Lipinski definition) is 7. The molecule has 0 fully saturated rings. The molecule has 0 radical (unpaired) electrons. The molecule has 0 amide bonds. The average Bonchev–Trinajstić information content (AvgIpc) is 3.00. The molecule has 3 aromatic rings. The number of esters is 1. The van der Waals surface area contributed by atoms with Crippen LogP contribution in [-0.2, 0) is 4.74 Å². The fourth-order valence-electron chi connectivity index (χ4n) is 2.56. The van der Waals surface area contributed by atoms with Gasteiger partial charge in [-0.3, -0.25) is 4.79 Å². The molecule has 0 aliphatic carbocycles. The topological polar surface area (TPSA) is 94.3 Å². The Morgan fingerprint density at radius 2 is 1.73 bits per heavy atom. The van der Waals surface area contributed by atoms with E-state index in [1.54, 1.807) is 45.0 Å². The van der Waals surface area contributed by atoms with Gasteiger partial charge in [0.25, 0.3) is 0 Å². The van der Waals surface area contributed by atoms with E-state index in [-0.39, 0.29) is 15.8 Å². The van der Waals surface area contributed by atoms with Crippen molar-refractivity contribution in [1.29, 1.82) is 0 Å². The van der Waals surface area contributed by atoms with Gasteiger partial charge in [0, 0.05) is 5.69 Å². The fraction of sp³-hybridized carbons (Fsp3) is 0.190. The average molecular weight is 431 g/mol. The van der Waals surface area contributed by atoms with Crippen LogP contribution in [0.5, 0.6) is 0 Å². The molecular weight excluding hydrogens is 412 g/mol. The number of nitrogens with zero attached hydrogens (tertiary/aromatic N) is 1. The van der Waals surface area contributed by atoms with E-state index >= 15 is 0 Å². The monoisotopic (exact) mass is 431 g/mol. The van der Waals surface area contributed by atoms with Gasteiger partial charge in [-0.15, -0.1) is 0 Å².